The number of aromatic nitrogens is 1. The molecule has 3 nitrogen and oxygen atoms in total. The van der Waals surface area contributed by atoms with Crippen LogP contribution in [0.4, 0.5) is 0 Å². The number of aliphatic hydroxyl groups excluding tert-OH is 1. The third-order valence-electron chi connectivity index (χ3n) is 3.84. The van der Waals surface area contributed by atoms with E-state index >= 15 is 0 Å². The SMILES string of the molecule is CC1(C)CCC(CO)CN1Cc1ccccn1. The Morgan fingerprint density at radius 1 is 1.47 bits per heavy atom. The molecule has 17 heavy (non-hydrogen) atoms. The van der Waals surface area contributed by atoms with Gasteiger partial charge in [-0.3, -0.25) is 9.88 Å². The van der Waals surface area contributed by atoms with E-state index in [4.69, 9.17) is 0 Å². The van der Waals surface area contributed by atoms with Crippen LogP contribution in [0.3, 0.4) is 0 Å². The van der Waals surface area contributed by atoms with Gasteiger partial charge in [0, 0.05) is 31.4 Å². The lowest BCUT2D eigenvalue weighted by Crippen LogP contribution is -2.50. The molecule has 1 aliphatic rings. The molecule has 0 aliphatic carbocycles. The molecule has 0 amide bonds. The summed E-state index contributed by atoms with van der Waals surface area (Å²) in [7, 11) is 0. The van der Waals surface area contributed by atoms with Gasteiger partial charge in [0.25, 0.3) is 0 Å². The number of aliphatic hydroxyl groups is 1. The van der Waals surface area contributed by atoms with E-state index in [2.05, 4.69) is 29.8 Å². The van der Waals surface area contributed by atoms with Crippen LogP contribution in [0.5, 0.6) is 0 Å². The maximum Gasteiger partial charge on any atom is 0.0544 e. The average molecular weight is 234 g/mol. The van der Waals surface area contributed by atoms with Gasteiger partial charge in [0.05, 0.1) is 5.69 Å². The summed E-state index contributed by atoms with van der Waals surface area (Å²) in [6, 6.07) is 6.04. The maximum absolute atomic E-state index is 9.30. The molecule has 0 spiro atoms. The molecule has 1 fully saturated rings. The second-order valence-corrected chi connectivity index (χ2v) is 5.60. The van der Waals surface area contributed by atoms with Crippen molar-refractivity contribution in [3.8, 4) is 0 Å². The van der Waals surface area contributed by atoms with Crippen molar-refractivity contribution >= 4 is 0 Å². The molecule has 0 saturated carbocycles. The Kier molecular flexibility index (Phi) is 3.79. The molecule has 0 aromatic carbocycles. The third-order valence-corrected chi connectivity index (χ3v) is 3.84. The van der Waals surface area contributed by atoms with Crippen LogP contribution in [0.2, 0.25) is 0 Å². The minimum Gasteiger partial charge on any atom is -0.396 e. The van der Waals surface area contributed by atoms with Crippen molar-refractivity contribution in [2.75, 3.05) is 13.2 Å². The first-order valence-electron chi connectivity index (χ1n) is 6.37. The molecule has 2 heterocycles. The fourth-order valence-electron chi connectivity index (χ4n) is 2.48. The Morgan fingerprint density at radius 3 is 2.94 bits per heavy atom. The highest BCUT2D eigenvalue weighted by Gasteiger charge is 2.33. The lowest BCUT2D eigenvalue weighted by atomic mass is 9.85. The van der Waals surface area contributed by atoms with Crippen LogP contribution in [0.1, 0.15) is 32.4 Å². The second-order valence-electron chi connectivity index (χ2n) is 5.60. The molecular weight excluding hydrogens is 212 g/mol. The lowest BCUT2D eigenvalue weighted by molar-refractivity contribution is 0.0189. The molecule has 1 saturated heterocycles. The van der Waals surface area contributed by atoms with E-state index in [-0.39, 0.29) is 5.54 Å². The first-order chi connectivity index (χ1) is 8.12. The van der Waals surface area contributed by atoms with Gasteiger partial charge in [-0.15, -0.1) is 0 Å². The van der Waals surface area contributed by atoms with Crippen LogP contribution < -0.4 is 0 Å². The molecule has 1 aliphatic heterocycles. The van der Waals surface area contributed by atoms with Crippen molar-refractivity contribution < 1.29 is 5.11 Å². The van der Waals surface area contributed by atoms with E-state index in [1.807, 2.05) is 18.3 Å². The van der Waals surface area contributed by atoms with E-state index in [9.17, 15) is 5.11 Å². The molecule has 1 N–H and O–H groups in total. The summed E-state index contributed by atoms with van der Waals surface area (Å²) in [5.41, 5.74) is 1.32. The van der Waals surface area contributed by atoms with Crippen LogP contribution in [-0.4, -0.2) is 33.7 Å². The molecule has 3 heteroatoms. The Balaban J connectivity index is 2.06. The molecule has 0 radical (unpaired) electrons. The second kappa shape index (κ2) is 5.15. The molecular formula is C14H22N2O. The van der Waals surface area contributed by atoms with E-state index in [0.29, 0.717) is 12.5 Å². The van der Waals surface area contributed by atoms with E-state index in [1.54, 1.807) is 0 Å². The largest absolute Gasteiger partial charge is 0.396 e. The van der Waals surface area contributed by atoms with Crippen molar-refractivity contribution in [1.29, 1.82) is 0 Å². The van der Waals surface area contributed by atoms with Crippen molar-refractivity contribution in [3.63, 3.8) is 0 Å². The van der Waals surface area contributed by atoms with Gasteiger partial charge in [-0.25, -0.2) is 0 Å². The molecule has 1 unspecified atom stereocenters. The minimum absolute atomic E-state index is 0.211. The van der Waals surface area contributed by atoms with Gasteiger partial charge in [0.15, 0.2) is 0 Å². The summed E-state index contributed by atoms with van der Waals surface area (Å²) < 4.78 is 0. The van der Waals surface area contributed by atoms with Gasteiger partial charge in [0.1, 0.15) is 0 Å². The normalized spacial score (nSPS) is 24.8. The Labute approximate surface area is 103 Å². The van der Waals surface area contributed by atoms with Crippen LogP contribution >= 0.6 is 0 Å². The first kappa shape index (κ1) is 12.5. The molecule has 1 aromatic heterocycles. The van der Waals surface area contributed by atoms with Crippen molar-refractivity contribution in [2.45, 2.75) is 38.8 Å². The highest BCUT2D eigenvalue weighted by molar-refractivity contribution is 5.05. The van der Waals surface area contributed by atoms with Gasteiger partial charge in [-0.2, -0.15) is 0 Å². The maximum atomic E-state index is 9.30. The van der Waals surface area contributed by atoms with Crippen LogP contribution in [0.15, 0.2) is 24.4 Å². The van der Waals surface area contributed by atoms with Gasteiger partial charge in [-0.05, 0) is 44.7 Å². The monoisotopic (exact) mass is 234 g/mol. The summed E-state index contributed by atoms with van der Waals surface area (Å²) in [5, 5.41) is 9.30. The van der Waals surface area contributed by atoms with Gasteiger partial charge in [-0.1, -0.05) is 6.07 Å². The summed E-state index contributed by atoms with van der Waals surface area (Å²) >= 11 is 0. The number of likely N-dealkylation sites (tertiary alicyclic amines) is 1. The summed E-state index contributed by atoms with van der Waals surface area (Å²) in [5.74, 6) is 0.423. The van der Waals surface area contributed by atoms with E-state index < -0.39 is 0 Å². The predicted octanol–water partition coefficient (Wildman–Crippen LogP) is 2.06. The molecule has 1 atom stereocenters. The zero-order chi connectivity index (χ0) is 12.3. The Hall–Kier alpha value is -0.930. The smallest absolute Gasteiger partial charge is 0.0544 e. The van der Waals surface area contributed by atoms with Crippen LogP contribution in [-0.2, 0) is 6.54 Å². The fourth-order valence-corrected chi connectivity index (χ4v) is 2.48. The summed E-state index contributed by atoms with van der Waals surface area (Å²) in [6.45, 7) is 6.71. The standard InChI is InChI=1S/C14H22N2O/c1-14(2)7-6-12(11-17)9-16(14)10-13-5-3-4-8-15-13/h3-5,8,12,17H,6-7,9-11H2,1-2H3. The fraction of sp³-hybridized carbons (Fsp3) is 0.643. The van der Waals surface area contributed by atoms with Gasteiger partial charge >= 0.3 is 0 Å². The van der Waals surface area contributed by atoms with Gasteiger partial charge < -0.3 is 5.11 Å². The van der Waals surface area contributed by atoms with E-state index in [1.165, 1.54) is 0 Å². The summed E-state index contributed by atoms with van der Waals surface area (Å²) in [4.78, 5) is 6.83. The first-order valence-corrected chi connectivity index (χ1v) is 6.37. The zero-order valence-electron chi connectivity index (χ0n) is 10.8. The number of rotatable bonds is 3. The van der Waals surface area contributed by atoms with Gasteiger partial charge in [0.2, 0.25) is 0 Å². The lowest BCUT2D eigenvalue weighted by Gasteiger charge is -2.45. The van der Waals surface area contributed by atoms with Crippen LogP contribution in [0.25, 0.3) is 0 Å². The average Bonchev–Trinajstić information content (AvgIpc) is 2.33. The van der Waals surface area contributed by atoms with Crippen LogP contribution in [0, 0.1) is 5.92 Å². The highest BCUT2D eigenvalue weighted by Crippen LogP contribution is 2.31. The molecule has 0 bridgehead atoms. The molecule has 2 rings (SSSR count). The van der Waals surface area contributed by atoms with Crippen molar-refractivity contribution in [2.24, 2.45) is 5.92 Å². The minimum atomic E-state index is 0.211. The Bertz CT molecular complexity index is 350. The number of hydrogen-bond acceptors (Lipinski definition) is 3. The molecule has 94 valence electrons. The summed E-state index contributed by atoms with van der Waals surface area (Å²) in [6.07, 6.45) is 4.11. The highest BCUT2D eigenvalue weighted by atomic mass is 16.3. The Morgan fingerprint density at radius 2 is 2.29 bits per heavy atom. The van der Waals surface area contributed by atoms with E-state index in [0.717, 1.165) is 31.6 Å². The van der Waals surface area contributed by atoms with Crippen molar-refractivity contribution in [1.82, 2.24) is 9.88 Å². The number of piperidine rings is 1. The number of nitrogens with zero attached hydrogens (tertiary/aromatic N) is 2. The van der Waals surface area contributed by atoms with Crippen molar-refractivity contribution in [3.05, 3.63) is 30.1 Å². The molecule has 1 aromatic rings. The number of pyridine rings is 1. The topological polar surface area (TPSA) is 36.4 Å². The third kappa shape index (κ3) is 3.05. The zero-order valence-corrected chi connectivity index (χ0v) is 10.8. The quantitative estimate of drug-likeness (QED) is 0.869. The predicted molar refractivity (Wildman–Crippen MR) is 68.5 cm³/mol. The number of hydrogen-bond donors (Lipinski definition) is 1.